The summed E-state index contributed by atoms with van der Waals surface area (Å²) >= 11 is 0. The third-order valence-electron chi connectivity index (χ3n) is 3.23. The highest BCUT2D eigenvalue weighted by Crippen LogP contribution is 2.21. The molecule has 1 aliphatic rings. The lowest BCUT2D eigenvalue weighted by Gasteiger charge is -2.46. The summed E-state index contributed by atoms with van der Waals surface area (Å²) in [5, 5.41) is 31.7. The minimum atomic E-state index is -1.06. The van der Waals surface area contributed by atoms with Gasteiger partial charge in [0.05, 0.1) is 24.8 Å². The first-order valence-corrected chi connectivity index (χ1v) is 5.88. The molecule has 6 nitrogen and oxygen atoms in total. The molecule has 6 heteroatoms. The maximum absolute atomic E-state index is 11.0. The number of rotatable bonds is 3. The Morgan fingerprint density at radius 1 is 1.41 bits per heavy atom. The monoisotopic (exact) mass is 246 g/mol. The molecule has 0 aromatic carbocycles. The van der Waals surface area contributed by atoms with E-state index in [-0.39, 0.29) is 18.6 Å². The predicted octanol–water partition coefficient (Wildman–Crippen LogP) is -1.70. The molecule has 1 saturated heterocycles. The fourth-order valence-electron chi connectivity index (χ4n) is 2.33. The average molecular weight is 246 g/mol. The van der Waals surface area contributed by atoms with E-state index in [2.05, 4.69) is 5.32 Å². The SMILES string of the molecule is CC(=O)N[C@H]1CN(C(C)C)[C@H](CO)[C@H](O)[C@@H]1O. The number of aliphatic hydroxyl groups is 3. The lowest BCUT2D eigenvalue weighted by Crippen LogP contribution is -2.67. The minimum absolute atomic E-state index is 0.116. The summed E-state index contributed by atoms with van der Waals surface area (Å²) in [6.07, 6.45) is -2.11. The topological polar surface area (TPSA) is 93.0 Å². The Morgan fingerprint density at radius 3 is 2.41 bits per heavy atom. The third kappa shape index (κ3) is 3.16. The number of hydrogen-bond donors (Lipinski definition) is 4. The molecular weight excluding hydrogens is 224 g/mol. The maximum atomic E-state index is 11.0. The molecule has 0 aromatic rings. The molecule has 17 heavy (non-hydrogen) atoms. The van der Waals surface area contributed by atoms with Gasteiger partial charge in [0.2, 0.25) is 5.91 Å². The molecule has 1 heterocycles. The second kappa shape index (κ2) is 5.77. The molecule has 4 atom stereocenters. The molecule has 1 amide bonds. The van der Waals surface area contributed by atoms with Gasteiger partial charge in [0, 0.05) is 19.5 Å². The van der Waals surface area contributed by atoms with E-state index in [0.717, 1.165) is 0 Å². The van der Waals surface area contributed by atoms with Crippen LogP contribution in [-0.4, -0.2) is 69.6 Å². The fourth-order valence-corrected chi connectivity index (χ4v) is 2.33. The standard InChI is InChI=1S/C11H22N2O4/c1-6(2)13-4-8(12-7(3)15)10(16)11(17)9(13)5-14/h6,8-11,14,16-17H,4-5H2,1-3H3,(H,12,15)/t8-,9+,10+,11-/m0/s1. The molecule has 0 saturated carbocycles. The van der Waals surface area contributed by atoms with E-state index in [1.807, 2.05) is 18.7 Å². The number of hydrogen-bond acceptors (Lipinski definition) is 5. The first-order chi connectivity index (χ1) is 7.88. The van der Waals surface area contributed by atoms with E-state index in [1.54, 1.807) is 0 Å². The van der Waals surface area contributed by atoms with Crippen LogP contribution in [0.25, 0.3) is 0 Å². The average Bonchev–Trinajstić information content (AvgIpc) is 2.23. The van der Waals surface area contributed by atoms with Crippen LogP contribution < -0.4 is 5.32 Å². The highest BCUT2D eigenvalue weighted by molar-refractivity contribution is 5.73. The van der Waals surface area contributed by atoms with Crippen molar-refractivity contribution < 1.29 is 20.1 Å². The Balaban J connectivity index is 2.82. The van der Waals surface area contributed by atoms with E-state index in [1.165, 1.54) is 6.92 Å². The molecule has 1 aliphatic heterocycles. The van der Waals surface area contributed by atoms with Gasteiger partial charge in [0.15, 0.2) is 0 Å². The van der Waals surface area contributed by atoms with Gasteiger partial charge in [0.25, 0.3) is 0 Å². The number of carbonyl (C=O) groups excluding carboxylic acids is 1. The Labute approximate surface area is 101 Å². The van der Waals surface area contributed by atoms with Gasteiger partial charge in [-0.1, -0.05) is 0 Å². The molecule has 0 unspecified atom stereocenters. The van der Waals surface area contributed by atoms with Crippen molar-refractivity contribution in [3.05, 3.63) is 0 Å². The van der Waals surface area contributed by atoms with Gasteiger partial charge in [-0.05, 0) is 13.8 Å². The quantitative estimate of drug-likeness (QED) is 0.476. The first kappa shape index (κ1) is 14.4. The summed E-state index contributed by atoms with van der Waals surface area (Å²) in [4.78, 5) is 12.9. The highest BCUT2D eigenvalue weighted by atomic mass is 16.3. The summed E-state index contributed by atoms with van der Waals surface area (Å²) in [5.74, 6) is -0.243. The number of aliphatic hydroxyl groups excluding tert-OH is 3. The van der Waals surface area contributed by atoms with Crippen molar-refractivity contribution >= 4 is 5.91 Å². The Kier molecular flexibility index (Phi) is 4.88. The summed E-state index contributed by atoms with van der Waals surface area (Å²) in [7, 11) is 0. The molecule has 0 spiro atoms. The van der Waals surface area contributed by atoms with Crippen LogP contribution in [0.4, 0.5) is 0 Å². The van der Waals surface area contributed by atoms with Crippen LogP contribution >= 0.6 is 0 Å². The lowest BCUT2D eigenvalue weighted by molar-refractivity contribution is -0.131. The number of nitrogens with one attached hydrogen (secondary N) is 1. The van der Waals surface area contributed by atoms with Crippen molar-refractivity contribution in [2.45, 2.75) is 51.1 Å². The van der Waals surface area contributed by atoms with Crippen LogP contribution in [0.5, 0.6) is 0 Å². The molecule has 100 valence electrons. The van der Waals surface area contributed by atoms with Gasteiger partial charge in [-0.15, -0.1) is 0 Å². The van der Waals surface area contributed by atoms with Gasteiger partial charge in [-0.25, -0.2) is 0 Å². The summed E-state index contributed by atoms with van der Waals surface area (Å²) in [6.45, 7) is 5.46. The normalized spacial score (nSPS) is 35.0. The summed E-state index contributed by atoms with van der Waals surface area (Å²) in [5.41, 5.74) is 0. The van der Waals surface area contributed by atoms with Crippen molar-refractivity contribution in [3.63, 3.8) is 0 Å². The summed E-state index contributed by atoms with van der Waals surface area (Å²) in [6, 6.07) is -0.881. The van der Waals surface area contributed by atoms with Gasteiger partial charge in [-0.3, -0.25) is 9.69 Å². The van der Waals surface area contributed by atoms with Crippen LogP contribution in [0.15, 0.2) is 0 Å². The van der Waals surface area contributed by atoms with Gasteiger partial charge in [-0.2, -0.15) is 0 Å². The summed E-state index contributed by atoms with van der Waals surface area (Å²) < 4.78 is 0. The van der Waals surface area contributed by atoms with E-state index in [4.69, 9.17) is 0 Å². The van der Waals surface area contributed by atoms with Crippen molar-refractivity contribution in [1.82, 2.24) is 10.2 Å². The molecule has 0 radical (unpaired) electrons. The zero-order chi connectivity index (χ0) is 13.2. The minimum Gasteiger partial charge on any atom is -0.395 e. The molecule has 0 aliphatic carbocycles. The number of piperidine rings is 1. The second-order valence-electron chi connectivity index (χ2n) is 4.83. The zero-order valence-electron chi connectivity index (χ0n) is 10.5. The van der Waals surface area contributed by atoms with E-state index < -0.39 is 24.3 Å². The van der Waals surface area contributed by atoms with Gasteiger partial charge < -0.3 is 20.6 Å². The molecule has 4 N–H and O–H groups in total. The van der Waals surface area contributed by atoms with E-state index in [0.29, 0.717) is 6.54 Å². The highest BCUT2D eigenvalue weighted by Gasteiger charge is 2.42. The largest absolute Gasteiger partial charge is 0.395 e. The van der Waals surface area contributed by atoms with Gasteiger partial charge in [0.1, 0.15) is 6.10 Å². The van der Waals surface area contributed by atoms with E-state index >= 15 is 0 Å². The third-order valence-corrected chi connectivity index (χ3v) is 3.23. The Hall–Kier alpha value is -0.690. The van der Waals surface area contributed by atoms with Crippen LogP contribution in [0.1, 0.15) is 20.8 Å². The van der Waals surface area contributed by atoms with Crippen LogP contribution in [0, 0.1) is 0 Å². The zero-order valence-corrected chi connectivity index (χ0v) is 10.5. The molecule has 1 rings (SSSR count). The Morgan fingerprint density at radius 2 is 2.00 bits per heavy atom. The number of nitrogens with zero attached hydrogens (tertiary/aromatic N) is 1. The number of likely N-dealkylation sites (tertiary alicyclic amines) is 1. The van der Waals surface area contributed by atoms with Crippen molar-refractivity contribution in [2.75, 3.05) is 13.2 Å². The van der Waals surface area contributed by atoms with Crippen molar-refractivity contribution in [2.24, 2.45) is 0 Å². The molecule has 0 bridgehead atoms. The Bertz CT molecular complexity index is 272. The smallest absolute Gasteiger partial charge is 0.217 e. The predicted molar refractivity (Wildman–Crippen MR) is 62.3 cm³/mol. The van der Waals surface area contributed by atoms with Gasteiger partial charge >= 0.3 is 0 Å². The number of carbonyl (C=O) groups is 1. The van der Waals surface area contributed by atoms with E-state index in [9.17, 15) is 20.1 Å². The fraction of sp³-hybridized carbons (Fsp3) is 0.909. The van der Waals surface area contributed by atoms with Crippen molar-refractivity contribution in [3.8, 4) is 0 Å². The van der Waals surface area contributed by atoms with Crippen molar-refractivity contribution in [1.29, 1.82) is 0 Å². The van der Waals surface area contributed by atoms with Crippen LogP contribution in [0.3, 0.4) is 0 Å². The molecule has 1 fully saturated rings. The maximum Gasteiger partial charge on any atom is 0.217 e. The first-order valence-electron chi connectivity index (χ1n) is 5.88. The molecule has 0 aromatic heterocycles. The molecular formula is C11H22N2O4. The van der Waals surface area contributed by atoms with Crippen LogP contribution in [-0.2, 0) is 4.79 Å². The van der Waals surface area contributed by atoms with Crippen LogP contribution in [0.2, 0.25) is 0 Å². The number of amides is 1. The second-order valence-corrected chi connectivity index (χ2v) is 4.83. The lowest BCUT2D eigenvalue weighted by atomic mass is 9.91.